The summed E-state index contributed by atoms with van der Waals surface area (Å²) >= 11 is 3.37. The van der Waals surface area contributed by atoms with Crippen LogP contribution in [0, 0.1) is 0 Å². The number of carbonyl (C=O) groups excluding carboxylic acids is 2. The van der Waals surface area contributed by atoms with Crippen molar-refractivity contribution >= 4 is 33.6 Å². The van der Waals surface area contributed by atoms with Gasteiger partial charge >= 0.3 is 6.03 Å². The maximum absolute atomic E-state index is 13.0. The van der Waals surface area contributed by atoms with Gasteiger partial charge in [0.05, 0.1) is 25.8 Å². The van der Waals surface area contributed by atoms with E-state index in [1.807, 2.05) is 12.1 Å². The van der Waals surface area contributed by atoms with Crippen LogP contribution in [0.1, 0.15) is 18.5 Å². The van der Waals surface area contributed by atoms with Crippen LogP contribution in [0.15, 0.2) is 58.2 Å². The molecular formula is C20H20BrN3O4. The molecule has 1 heterocycles. The predicted molar refractivity (Wildman–Crippen MR) is 109 cm³/mol. The molecule has 0 fully saturated rings. The number of carbonyl (C=O) groups is 2. The lowest BCUT2D eigenvalue weighted by Gasteiger charge is -2.29. The molecule has 2 aromatic rings. The molecule has 0 spiro atoms. The van der Waals surface area contributed by atoms with E-state index in [4.69, 9.17) is 9.47 Å². The molecule has 2 aromatic carbocycles. The lowest BCUT2D eigenvalue weighted by molar-refractivity contribution is -0.113. The molecule has 0 saturated carbocycles. The Morgan fingerprint density at radius 3 is 2.46 bits per heavy atom. The van der Waals surface area contributed by atoms with Crippen LogP contribution in [0.25, 0.3) is 0 Å². The van der Waals surface area contributed by atoms with Crippen LogP contribution in [0.5, 0.6) is 11.5 Å². The van der Waals surface area contributed by atoms with Crippen molar-refractivity contribution in [3.63, 3.8) is 0 Å². The molecule has 0 bridgehead atoms. The number of methoxy groups -OCH3 is 2. The zero-order chi connectivity index (χ0) is 20.3. The first kappa shape index (κ1) is 19.8. The third-order valence-electron chi connectivity index (χ3n) is 4.37. The summed E-state index contributed by atoms with van der Waals surface area (Å²) in [6, 6.07) is 11.4. The predicted octanol–water partition coefficient (Wildman–Crippen LogP) is 3.73. The van der Waals surface area contributed by atoms with Gasteiger partial charge in [-0.25, -0.2) is 4.79 Å². The monoisotopic (exact) mass is 445 g/mol. The zero-order valence-electron chi connectivity index (χ0n) is 15.6. The first-order valence-corrected chi connectivity index (χ1v) is 9.29. The number of urea groups is 1. The first-order chi connectivity index (χ1) is 13.4. The number of nitrogens with one attached hydrogen (secondary N) is 3. The van der Waals surface area contributed by atoms with Gasteiger partial charge in [0.2, 0.25) is 0 Å². The molecule has 146 valence electrons. The van der Waals surface area contributed by atoms with Crippen LogP contribution in [-0.4, -0.2) is 26.2 Å². The number of anilines is 1. The fourth-order valence-corrected chi connectivity index (χ4v) is 3.28. The molecule has 0 aromatic heterocycles. The number of allylic oxidation sites excluding steroid dienone is 1. The van der Waals surface area contributed by atoms with E-state index in [2.05, 4.69) is 31.9 Å². The molecule has 3 rings (SSSR count). The topological polar surface area (TPSA) is 88.7 Å². The van der Waals surface area contributed by atoms with Crippen molar-refractivity contribution in [2.24, 2.45) is 0 Å². The van der Waals surface area contributed by atoms with Gasteiger partial charge in [-0.05, 0) is 43.3 Å². The summed E-state index contributed by atoms with van der Waals surface area (Å²) in [6.45, 7) is 1.69. The minimum atomic E-state index is -0.676. The van der Waals surface area contributed by atoms with Gasteiger partial charge in [-0.3, -0.25) is 4.79 Å². The third-order valence-corrected chi connectivity index (χ3v) is 4.90. The van der Waals surface area contributed by atoms with Gasteiger partial charge in [0.1, 0.15) is 11.5 Å². The maximum Gasteiger partial charge on any atom is 0.319 e. The van der Waals surface area contributed by atoms with E-state index >= 15 is 0 Å². The fraction of sp³-hybridized carbons (Fsp3) is 0.200. The largest absolute Gasteiger partial charge is 0.497 e. The first-order valence-electron chi connectivity index (χ1n) is 8.50. The average Bonchev–Trinajstić information content (AvgIpc) is 2.68. The quantitative estimate of drug-likeness (QED) is 0.653. The van der Waals surface area contributed by atoms with Crippen LogP contribution >= 0.6 is 15.9 Å². The van der Waals surface area contributed by atoms with Crippen LogP contribution in [0.4, 0.5) is 10.5 Å². The van der Waals surface area contributed by atoms with Crippen LogP contribution < -0.4 is 25.4 Å². The Morgan fingerprint density at radius 1 is 1.11 bits per heavy atom. The molecule has 1 atom stereocenters. The molecule has 1 aliphatic rings. The Hall–Kier alpha value is -3.00. The van der Waals surface area contributed by atoms with E-state index in [1.165, 1.54) is 7.11 Å². The summed E-state index contributed by atoms with van der Waals surface area (Å²) in [5.74, 6) is 0.797. The number of benzene rings is 2. The second-order valence-corrected chi connectivity index (χ2v) is 7.05. The molecule has 0 aliphatic carbocycles. The maximum atomic E-state index is 13.0. The molecule has 28 heavy (non-hydrogen) atoms. The number of hydrogen-bond donors (Lipinski definition) is 3. The molecule has 8 heteroatoms. The third kappa shape index (κ3) is 4.12. The average molecular weight is 446 g/mol. The van der Waals surface area contributed by atoms with E-state index in [1.54, 1.807) is 44.4 Å². The second kappa shape index (κ2) is 8.35. The molecule has 7 nitrogen and oxygen atoms in total. The number of amides is 3. The molecule has 0 saturated heterocycles. The summed E-state index contributed by atoms with van der Waals surface area (Å²) in [4.78, 5) is 25.1. The van der Waals surface area contributed by atoms with E-state index in [0.717, 1.165) is 4.47 Å². The molecule has 0 radical (unpaired) electrons. The van der Waals surface area contributed by atoms with Crippen molar-refractivity contribution in [3.8, 4) is 11.5 Å². The fourth-order valence-electron chi connectivity index (χ4n) is 3.02. The normalized spacial score (nSPS) is 16.1. The smallest absolute Gasteiger partial charge is 0.319 e. The van der Waals surface area contributed by atoms with E-state index < -0.39 is 6.04 Å². The van der Waals surface area contributed by atoms with Gasteiger partial charge in [-0.15, -0.1) is 0 Å². The number of rotatable bonds is 5. The Labute approximate surface area is 171 Å². The minimum Gasteiger partial charge on any atom is -0.497 e. The minimum absolute atomic E-state index is 0.324. The van der Waals surface area contributed by atoms with Gasteiger partial charge in [-0.1, -0.05) is 15.9 Å². The van der Waals surface area contributed by atoms with Crippen molar-refractivity contribution < 1.29 is 19.1 Å². The summed E-state index contributed by atoms with van der Waals surface area (Å²) in [6.07, 6.45) is 0. The molecule has 3 amide bonds. The van der Waals surface area contributed by atoms with Crippen LogP contribution in [-0.2, 0) is 4.79 Å². The van der Waals surface area contributed by atoms with Gasteiger partial charge in [-0.2, -0.15) is 0 Å². The highest BCUT2D eigenvalue weighted by Gasteiger charge is 2.33. The Bertz CT molecular complexity index is 941. The van der Waals surface area contributed by atoms with Crippen molar-refractivity contribution in [1.82, 2.24) is 10.6 Å². The zero-order valence-corrected chi connectivity index (χ0v) is 17.2. The molecular weight excluding hydrogens is 426 g/mol. The SMILES string of the molecule is COc1ccc(C2NC(=O)NC(C)=C2C(=O)Nc2ccc(Br)cc2)c(OC)c1. The summed E-state index contributed by atoms with van der Waals surface area (Å²) in [7, 11) is 3.08. The van der Waals surface area contributed by atoms with Gasteiger partial charge in [0.25, 0.3) is 5.91 Å². The van der Waals surface area contributed by atoms with Crippen molar-refractivity contribution in [2.45, 2.75) is 13.0 Å². The highest BCUT2D eigenvalue weighted by Crippen LogP contribution is 2.35. The van der Waals surface area contributed by atoms with Gasteiger partial charge in [0.15, 0.2) is 0 Å². The van der Waals surface area contributed by atoms with Gasteiger partial charge in [0, 0.05) is 27.5 Å². The Kier molecular flexibility index (Phi) is 5.89. The molecule has 1 aliphatic heterocycles. The van der Waals surface area contributed by atoms with Crippen LogP contribution in [0.2, 0.25) is 0 Å². The van der Waals surface area contributed by atoms with Crippen molar-refractivity contribution in [1.29, 1.82) is 0 Å². The van der Waals surface area contributed by atoms with Crippen molar-refractivity contribution in [3.05, 3.63) is 63.8 Å². The summed E-state index contributed by atoms with van der Waals surface area (Å²) < 4.78 is 11.6. The number of hydrogen-bond acceptors (Lipinski definition) is 4. The van der Waals surface area contributed by atoms with Gasteiger partial charge < -0.3 is 25.4 Å². The number of ether oxygens (including phenoxy) is 2. The highest BCUT2D eigenvalue weighted by atomic mass is 79.9. The Morgan fingerprint density at radius 2 is 1.82 bits per heavy atom. The summed E-state index contributed by atoms with van der Waals surface area (Å²) in [5.41, 5.74) is 2.16. The van der Waals surface area contributed by atoms with Crippen LogP contribution in [0.3, 0.4) is 0 Å². The highest BCUT2D eigenvalue weighted by molar-refractivity contribution is 9.10. The lowest BCUT2D eigenvalue weighted by atomic mass is 9.94. The van der Waals surface area contributed by atoms with E-state index in [0.29, 0.717) is 34.0 Å². The lowest BCUT2D eigenvalue weighted by Crippen LogP contribution is -2.46. The second-order valence-electron chi connectivity index (χ2n) is 6.14. The number of halogens is 1. The molecule has 3 N–H and O–H groups in total. The summed E-state index contributed by atoms with van der Waals surface area (Å²) in [5, 5.41) is 8.33. The van der Waals surface area contributed by atoms with E-state index in [9.17, 15) is 9.59 Å². The standard InChI is InChI=1S/C20H20BrN3O4/c1-11-17(19(25)23-13-6-4-12(21)5-7-13)18(24-20(26)22-11)15-9-8-14(27-2)10-16(15)28-3/h4-10,18H,1-3H3,(H,23,25)(H2,22,24,26). The van der Waals surface area contributed by atoms with Crippen molar-refractivity contribution in [2.75, 3.05) is 19.5 Å². The molecule has 1 unspecified atom stereocenters. The van der Waals surface area contributed by atoms with E-state index in [-0.39, 0.29) is 11.9 Å². The Balaban J connectivity index is 1.99.